The Labute approximate surface area is 94.1 Å². The third-order valence-corrected chi connectivity index (χ3v) is 2.77. The summed E-state index contributed by atoms with van der Waals surface area (Å²) in [6.45, 7) is 0.831. The molecule has 0 spiro atoms. The number of aromatic nitrogens is 2. The van der Waals surface area contributed by atoms with Gasteiger partial charge in [0, 0.05) is 18.0 Å². The molecule has 1 aromatic heterocycles. The molecular weight excluding hydrogens is 200 g/mol. The quantitative estimate of drug-likeness (QED) is 0.728. The molecular formula is C13H12N2O. The van der Waals surface area contributed by atoms with E-state index >= 15 is 0 Å². The highest BCUT2D eigenvalue weighted by Gasteiger charge is 2.11. The lowest BCUT2D eigenvalue weighted by atomic mass is 10.0. The van der Waals surface area contributed by atoms with Gasteiger partial charge < -0.3 is 4.74 Å². The van der Waals surface area contributed by atoms with Crippen LogP contribution in [-0.2, 0) is 6.42 Å². The topological polar surface area (TPSA) is 35.0 Å². The Balaban J connectivity index is 2.03. The van der Waals surface area contributed by atoms with Crippen LogP contribution in [0, 0.1) is 0 Å². The summed E-state index contributed by atoms with van der Waals surface area (Å²) in [5.74, 6) is 1.01. The van der Waals surface area contributed by atoms with Crippen LogP contribution in [0.5, 0.6) is 5.75 Å². The van der Waals surface area contributed by atoms with E-state index in [4.69, 9.17) is 4.74 Å². The summed E-state index contributed by atoms with van der Waals surface area (Å²) < 4.78 is 5.58. The van der Waals surface area contributed by atoms with E-state index < -0.39 is 0 Å². The second kappa shape index (κ2) is 3.93. The fraction of sp³-hybridized carbons (Fsp3) is 0.231. The van der Waals surface area contributed by atoms with Crippen LogP contribution in [-0.4, -0.2) is 16.6 Å². The highest BCUT2D eigenvalue weighted by atomic mass is 16.5. The third kappa shape index (κ3) is 1.65. The minimum absolute atomic E-state index is 0.831. The van der Waals surface area contributed by atoms with Crippen LogP contribution in [0.4, 0.5) is 0 Å². The van der Waals surface area contributed by atoms with Crippen molar-refractivity contribution in [2.45, 2.75) is 12.8 Å². The lowest BCUT2D eigenvalue weighted by Gasteiger charge is -2.17. The van der Waals surface area contributed by atoms with Gasteiger partial charge in [-0.1, -0.05) is 0 Å². The molecule has 0 fully saturated rings. The molecule has 0 N–H and O–H groups in total. The molecule has 0 radical (unpaired) electrons. The Morgan fingerprint density at radius 1 is 1.19 bits per heavy atom. The van der Waals surface area contributed by atoms with Gasteiger partial charge in [-0.15, -0.1) is 0 Å². The molecule has 16 heavy (non-hydrogen) atoms. The Morgan fingerprint density at radius 2 is 2.19 bits per heavy atom. The summed E-state index contributed by atoms with van der Waals surface area (Å²) in [5.41, 5.74) is 3.29. The van der Waals surface area contributed by atoms with E-state index in [0.29, 0.717) is 0 Å². The van der Waals surface area contributed by atoms with Gasteiger partial charge in [-0.3, -0.25) is 9.97 Å². The first-order chi connectivity index (χ1) is 7.93. The van der Waals surface area contributed by atoms with Crippen LogP contribution in [0.1, 0.15) is 12.0 Å². The molecule has 0 amide bonds. The molecule has 0 bridgehead atoms. The number of aryl methyl sites for hydroxylation is 1. The average molecular weight is 212 g/mol. The number of hydrogen-bond acceptors (Lipinski definition) is 3. The van der Waals surface area contributed by atoms with Gasteiger partial charge >= 0.3 is 0 Å². The number of benzene rings is 1. The van der Waals surface area contributed by atoms with Crippen molar-refractivity contribution in [1.82, 2.24) is 9.97 Å². The summed E-state index contributed by atoms with van der Waals surface area (Å²) >= 11 is 0. The maximum atomic E-state index is 5.58. The zero-order chi connectivity index (χ0) is 10.8. The first-order valence-corrected chi connectivity index (χ1v) is 5.45. The molecule has 1 aliphatic rings. The Morgan fingerprint density at radius 3 is 3.06 bits per heavy atom. The smallest absolute Gasteiger partial charge is 0.122 e. The normalized spacial score (nSPS) is 14.0. The molecule has 3 nitrogen and oxygen atoms in total. The van der Waals surface area contributed by atoms with Crippen LogP contribution in [0.15, 0.2) is 36.8 Å². The molecule has 1 aliphatic heterocycles. The van der Waals surface area contributed by atoms with Crippen molar-refractivity contribution in [3.8, 4) is 17.0 Å². The van der Waals surface area contributed by atoms with Crippen LogP contribution in [0.3, 0.4) is 0 Å². The minimum Gasteiger partial charge on any atom is -0.493 e. The van der Waals surface area contributed by atoms with Gasteiger partial charge in [-0.05, 0) is 36.6 Å². The van der Waals surface area contributed by atoms with E-state index in [1.165, 1.54) is 5.56 Å². The largest absolute Gasteiger partial charge is 0.493 e. The van der Waals surface area contributed by atoms with Gasteiger partial charge in [-0.2, -0.15) is 0 Å². The van der Waals surface area contributed by atoms with Crippen molar-refractivity contribution in [1.29, 1.82) is 0 Å². The van der Waals surface area contributed by atoms with E-state index in [1.54, 1.807) is 18.6 Å². The molecule has 3 heteroatoms. The van der Waals surface area contributed by atoms with Gasteiger partial charge in [0.2, 0.25) is 0 Å². The molecule has 0 unspecified atom stereocenters. The highest BCUT2D eigenvalue weighted by molar-refractivity contribution is 5.61. The second-order valence-electron chi connectivity index (χ2n) is 3.87. The highest BCUT2D eigenvalue weighted by Crippen LogP contribution is 2.28. The molecule has 80 valence electrons. The average Bonchev–Trinajstić information content (AvgIpc) is 2.39. The van der Waals surface area contributed by atoms with Gasteiger partial charge in [0.05, 0.1) is 18.5 Å². The lowest BCUT2D eigenvalue weighted by molar-refractivity contribution is 0.288. The van der Waals surface area contributed by atoms with Crippen LogP contribution in [0.25, 0.3) is 11.3 Å². The Kier molecular flexibility index (Phi) is 2.29. The van der Waals surface area contributed by atoms with Crippen molar-refractivity contribution in [3.05, 3.63) is 42.4 Å². The molecule has 2 heterocycles. The summed E-state index contributed by atoms with van der Waals surface area (Å²) in [6, 6.07) is 6.21. The molecule has 0 saturated carbocycles. The molecule has 3 rings (SSSR count). The fourth-order valence-electron chi connectivity index (χ4n) is 1.97. The summed E-state index contributed by atoms with van der Waals surface area (Å²) in [5, 5.41) is 0. The molecule has 0 aliphatic carbocycles. The lowest BCUT2D eigenvalue weighted by Crippen LogP contribution is -2.08. The van der Waals surface area contributed by atoms with E-state index in [9.17, 15) is 0 Å². The van der Waals surface area contributed by atoms with Crippen LogP contribution < -0.4 is 4.74 Å². The number of nitrogens with zero attached hydrogens (tertiary/aromatic N) is 2. The summed E-state index contributed by atoms with van der Waals surface area (Å²) in [7, 11) is 0. The Bertz CT molecular complexity index is 497. The Hall–Kier alpha value is -1.90. The first-order valence-electron chi connectivity index (χ1n) is 5.45. The number of fused-ring (bicyclic) bond motifs is 1. The van der Waals surface area contributed by atoms with Gasteiger partial charge in [-0.25, -0.2) is 0 Å². The SMILES string of the molecule is c1cnc(-c2ccc3c(c2)CCCO3)cn1. The predicted octanol–water partition coefficient (Wildman–Crippen LogP) is 2.47. The number of hydrogen-bond donors (Lipinski definition) is 0. The van der Waals surface area contributed by atoms with Gasteiger partial charge in [0.15, 0.2) is 0 Å². The minimum atomic E-state index is 0.831. The monoisotopic (exact) mass is 212 g/mol. The fourth-order valence-corrected chi connectivity index (χ4v) is 1.97. The predicted molar refractivity (Wildman–Crippen MR) is 61.3 cm³/mol. The molecule has 0 saturated heterocycles. The van der Waals surface area contributed by atoms with Crippen molar-refractivity contribution in [3.63, 3.8) is 0 Å². The first kappa shape index (κ1) is 9.33. The second-order valence-corrected chi connectivity index (χ2v) is 3.87. The van der Waals surface area contributed by atoms with Crippen molar-refractivity contribution in [2.75, 3.05) is 6.61 Å². The zero-order valence-corrected chi connectivity index (χ0v) is 8.89. The summed E-state index contributed by atoms with van der Waals surface area (Å²) in [4.78, 5) is 8.37. The third-order valence-electron chi connectivity index (χ3n) is 2.77. The van der Waals surface area contributed by atoms with Gasteiger partial charge in [0.1, 0.15) is 5.75 Å². The van der Waals surface area contributed by atoms with Gasteiger partial charge in [0.25, 0.3) is 0 Å². The van der Waals surface area contributed by atoms with Crippen molar-refractivity contribution >= 4 is 0 Å². The molecule has 0 atom stereocenters. The van der Waals surface area contributed by atoms with E-state index in [1.807, 2.05) is 12.1 Å². The molecule has 1 aromatic carbocycles. The van der Waals surface area contributed by atoms with Crippen LogP contribution >= 0.6 is 0 Å². The standard InChI is InChI=1S/C13H12N2O/c1-2-11-8-10(3-4-13(11)16-7-1)12-9-14-5-6-15-12/h3-6,8-9H,1-2,7H2. The number of ether oxygens (including phenoxy) is 1. The maximum Gasteiger partial charge on any atom is 0.122 e. The van der Waals surface area contributed by atoms with E-state index in [-0.39, 0.29) is 0 Å². The zero-order valence-electron chi connectivity index (χ0n) is 8.89. The van der Waals surface area contributed by atoms with Crippen molar-refractivity contribution < 1.29 is 4.74 Å². The van der Waals surface area contributed by atoms with E-state index in [2.05, 4.69) is 16.0 Å². The van der Waals surface area contributed by atoms with E-state index in [0.717, 1.165) is 36.5 Å². The molecule has 2 aromatic rings. The summed E-state index contributed by atoms with van der Waals surface area (Å²) in [6.07, 6.45) is 7.36. The van der Waals surface area contributed by atoms with Crippen LogP contribution in [0.2, 0.25) is 0 Å². The van der Waals surface area contributed by atoms with Crippen molar-refractivity contribution in [2.24, 2.45) is 0 Å². The number of rotatable bonds is 1. The maximum absolute atomic E-state index is 5.58.